The lowest BCUT2D eigenvalue weighted by molar-refractivity contribution is -0.117. The zero-order chi connectivity index (χ0) is 14.6. The van der Waals surface area contributed by atoms with Crippen molar-refractivity contribution in [3.05, 3.63) is 29.3 Å². The average molecular weight is 283 g/mol. The van der Waals surface area contributed by atoms with Gasteiger partial charge in [-0.05, 0) is 53.1 Å². The van der Waals surface area contributed by atoms with Crippen LogP contribution in [0.5, 0.6) is 5.75 Å². The van der Waals surface area contributed by atoms with E-state index in [1.54, 1.807) is 0 Å². The number of halogens is 1. The van der Waals surface area contributed by atoms with E-state index in [2.05, 4.69) is 33.8 Å². The van der Waals surface area contributed by atoms with Crippen LogP contribution in [-0.4, -0.2) is 11.3 Å². The minimum absolute atomic E-state index is 0.424. The van der Waals surface area contributed by atoms with E-state index in [0.29, 0.717) is 18.3 Å². The Hall–Kier alpha value is -1.02. The van der Waals surface area contributed by atoms with E-state index in [9.17, 15) is 4.79 Å². The van der Waals surface area contributed by atoms with Gasteiger partial charge in [0.1, 0.15) is 5.75 Å². The molecule has 0 aromatic heterocycles. The van der Waals surface area contributed by atoms with Gasteiger partial charge in [-0.15, -0.1) is 0 Å². The number of benzene rings is 1. The third-order valence-corrected chi connectivity index (χ3v) is 3.43. The SMILES string of the molecule is CCC(Oc1cc(C(C)C)cc(C(C)C)c1)C(=O)Cl. The fourth-order valence-corrected chi connectivity index (χ4v) is 2.03. The molecule has 0 N–H and O–H groups in total. The van der Waals surface area contributed by atoms with E-state index in [0.717, 1.165) is 5.75 Å². The van der Waals surface area contributed by atoms with Crippen molar-refractivity contribution in [3.63, 3.8) is 0 Å². The van der Waals surface area contributed by atoms with Gasteiger partial charge >= 0.3 is 0 Å². The van der Waals surface area contributed by atoms with Gasteiger partial charge in [-0.2, -0.15) is 0 Å². The molecule has 0 radical (unpaired) electrons. The van der Waals surface area contributed by atoms with Gasteiger partial charge in [-0.1, -0.05) is 40.7 Å². The Kier molecular flexibility index (Phi) is 5.86. The third kappa shape index (κ3) is 4.54. The normalized spacial score (nSPS) is 12.8. The van der Waals surface area contributed by atoms with Gasteiger partial charge in [0.2, 0.25) is 0 Å². The second-order valence-corrected chi connectivity index (χ2v) is 5.84. The van der Waals surface area contributed by atoms with E-state index in [1.807, 2.05) is 19.1 Å². The van der Waals surface area contributed by atoms with Crippen LogP contribution in [0.4, 0.5) is 0 Å². The van der Waals surface area contributed by atoms with Gasteiger partial charge in [0, 0.05) is 0 Å². The third-order valence-electron chi connectivity index (χ3n) is 3.19. The molecule has 0 aliphatic rings. The molecule has 0 spiro atoms. The molecule has 0 heterocycles. The van der Waals surface area contributed by atoms with E-state index < -0.39 is 11.3 Å². The van der Waals surface area contributed by atoms with Gasteiger partial charge in [0.15, 0.2) is 6.10 Å². The fourth-order valence-electron chi connectivity index (χ4n) is 1.84. The molecular formula is C16H23ClO2. The van der Waals surface area contributed by atoms with E-state index >= 15 is 0 Å². The van der Waals surface area contributed by atoms with Crippen molar-refractivity contribution in [1.29, 1.82) is 0 Å². The second-order valence-electron chi connectivity index (χ2n) is 5.46. The smallest absolute Gasteiger partial charge is 0.262 e. The van der Waals surface area contributed by atoms with Crippen molar-refractivity contribution < 1.29 is 9.53 Å². The summed E-state index contributed by atoms with van der Waals surface area (Å²) >= 11 is 5.53. The Morgan fingerprint density at radius 1 is 1.11 bits per heavy atom. The summed E-state index contributed by atoms with van der Waals surface area (Å²) in [4.78, 5) is 11.3. The summed E-state index contributed by atoms with van der Waals surface area (Å²) in [7, 11) is 0. The maximum atomic E-state index is 11.3. The van der Waals surface area contributed by atoms with Gasteiger partial charge in [-0.25, -0.2) is 0 Å². The van der Waals surface area contributed by atoms with Crippen molar-refractivity contribution in [2.75, 3.05) is 0 Å². The average Bonchev–Trinajstić information content (AvgIpc) is 2.34. The van der Waals surface area contributed by atoms with E-state index in [4.69, 9.17) is 16.3 Å². The summed E-state index contributed by atoms with van der Waals surface area (Å²) in [5, 5.41) is -0.441. The maximum absolute atomic E-state index is 11.3. The van der Waals surface area contributed by atoms with Crippen molar-refractivity contribution in [2.24, 2.45) is 0 Å². The minimum atomic E-state index is -0.566. The lowest BCUT2D eigenvalue weighted by Crippen LogP contribution is -2.22. The lowest BCUT2D eigenvalue weighted by Gasteiger charge is -2.18. The highest BCUT2D eigenvalue weighted by Crippen LogP contribution is 2.28. The van der Waals surface area contributed by atoms with Crippen LogP contribution >= 0.6 is 11.6 Å². The largest absolute Gasteiger partial charge is 0.481 e. The second kappa shape index (κ2) is 6.95. The zero-order valence-corrected chi connectivity index (χ0v) is 13.1. The number of ether oxygens (including phenoxy) is 1. The Morgan fingerprint density at radius 3 is 1.89 bits per heavy atom. The number of hydrogen-bond donors (Lipinski definition) is 0. The van der Waals surface area contributed by atoms with Crippen LogP contribution in [0.2, 0.25) is 0 Å². The maximum Gasteiger partial charge on any atom is 0.262 e. The molecule has 106 valence electrons. The van der Waals surface area contributed by atoms with Crippen LogP contribution < -0.4 is 4.74 Å². The predicted octanol–water partition coefficient (Wildman–Crippen LogP) is 4.86. The van der Waals surface area contributed by atoms with Gasteiger partial charge in [-0.3, -0.25) is 4.79 Å². The van der Waals surface area contributed by atoms with Crippen LogP contribution in [0, 0.1) is 0 Å². The number of carbonyl (C=O) groups excluding carboxylic acids is 1. The Labute approximate surface area is 121 Å². The molecule has 1 atom stereocenters. The molecule has 0 amide bonds. The summed E-state index contributed by atoms with van der Waals surface area (Å²) in [6.07, 6.45) is 0.00900. The molecule has 0 fully saturated rings. The summed E-state index contributed by atoms with van der Waals surface area (Å²) in [5.41, 5.74) is 2.44. The van der Waals surface area contributed by atoms with Gasteiger partial charge in [0.25, 0.3) is 5.24 Å². The molecule has 0 aliphatic heterocycles. The fraction of sp³-hybridized carbons (Fsp3) is 0.562. The first kappa shape index (κ1) is 16.0. The molecule has 3 heteroatoms. The Bertz CT molecular complexity index is 412. The molecule has 0 saturated heterocycles. The highest BCUT2D eigenvalue weighted by Gasteiger charge is 2.17. The quantitative estimate of drug-likeness (QED) is 0.697. The van der Waals surface area contributed by atoms with Crippen LogP contribution in [0.3, 0.4) is 0 Å². The molecule has 2 nitrogen and oxygen atoms in total. The standard InChI is InChI=1S/C16H23ClO2/c1-6-15(16(17)18)19-14-8-12(10(2)3)7-13(9-14)11(4)5/h7-11,15H,6H2,1-5H3. The Balaban J connectivity index is 3.08. The van der Waals surface area contributed by atoms with Crippen molar-refractivity contribution >= 4 is 16.8 Å². The molecule has 1 aromatic carbocycles. The number of carbonyl (C=O) groups is 1. The molecule has 0 aliphatic carbocycles. The van der Waals surface area contributed by atoms with Gasteiger partial charge in [0.05, 0.1) is 0 Å². The molecule has 0 saturated carbocycles. The predicted molar refractivity (Wildman–Crippen MR) is 80.2 cm³/mol. The molecule has 1 rings (SSSR count). The first-order chi connectivity index (χ1) is 8.85. The summed E-state index contributed by atoms with van der Waals surface area (Å²) in [5.74, 6) is 1.58. The number of rotatable bonds is 6. The highest BCUT2D eigenvalue weighted by atomic mass is 35.5. The topological polar surface area (TPSA) is 26.3 Å². The molecule has 19 heavy (non-hydrogen) atoms. The molecule has 0 bridgehead atoms. The minimum Gasteiger partial charge on any atom is -0.481 e. The molecule has 1 unspecified atom stereocenters. The first-order valence-corrected chi connectivity index (χ1v) is 7.23. The van der Waals surface area contributed by atoms with Crippen LogP contribution in [-0.2, 0) is 4.79 Å². The molecule has 1 aromatic rings. The summed E-state index contributed by atoms with van der Waals surface area (Å²) < 4.78 is 5.73. The summed E-state index contributed by atoms with van der Waals surface area (Å²) in [6, 6.07) is 6.20. The van der Waals surface area contributed by atoms with Crippen molar-refractivity contribution in [2.45, 2.75) is 59.0 Å². The van der Waals surface area contributed by atoms with Crippen LogP contribution in [0.25, 0.3) is 0 Å². The van der Waals surface area contributed by atoms with E-state index in [1.165, 1.54) is 11.1 Å². The Morgan fingerprint density at radius 2 is 1.58 bits per heavy atom. The van der Waals surface area contributed by atoms with Crippen molar-refractivity contribution in [3.8, 4) is 5.75 Å². The number of hydrogen-bond acceptors (Lipinski definition) is 2. The lowest BCUT2D eigenvalue weighted by atomic mass is 9.95. The first-order valence-electron chi connectivity index (χ1n) is 6.86. The van der Waals surface area contributed by atoms with E-state index in [-0.39, 0.29) is 0 Å². The highest BCUT2D eigenvalue weighted by molar-refractivity contribution is 6.64. The molecular weight excluding hydrogens is 260 g/mol. The van der Waals surface area contributed by atoms with Gasteiger partial charge < -0.3 is 4.74 Å². The van der Waals surface area contributed by atoms with Crippen LogP contribution in [0.15, 0.2) is 18.2 Å². The zero-order valence-electron chi connectivity index (χ0n) is 12.4. The summed E-state index contributed by atoms with van der Waals surface area (Å²) in [6.45, 7) is 10.5. The van der Waals surface area contributed by atoms with Crippen LogP contribution in [0.1, 0.15) is 64.0 Å². The van der Waals surface area contributed by atoms with Crippen molar-refractivity contribution in [1.82, 2.24) is 0 Å². The monoisotopic (exact) mass is 282 g/mol.